The average molecular weight is 170 g/mol. The van der Waals surface area contributed by atoms with Crippen molar-refractivity contribution < 1.29 is 9.53 Å². The Kier molecular flexibility index (Phi) is 5.43. The molecule has 0 spiro atoms. The molecule has 0 fully saturated rings. The van der Waals surface area contributed by atoms with Crippen LogP contribution >= 0.6 is 0 Å². The van der Waals surface area contributed by atoms with E-state index in [1.807, 2.05) is 20.8 Å². The van der Waals surface area contributed by atoms with Crippen molar-refractivity contribution in [1.82, 2.24) is 0 Å². The molecule has 0 unspecified atom stereocenters. The van der Waals surface area contributed by atoms with Crippen molar-refractivity contribution in [2.75, 3.05) is 0 Å². The van der Waals surface area contributed by atoms with Gasteiger partial charge in [-0.05, 0) is 33.6 Å². The van der Waals surface area contributed by atoms with Crippen LogP contribution in [0.2, 0.25) is 0 Å². The molecule has 0 aliphatic carbocycles. The Morgan fingerprint density at radius 3 is 2.42 bits per heavy atom. The lowest BCUT2D eigenvalue weighted by atomic mass is 10.1. The maximum Gasteiger partial charge on any atom is 0.306 e. The normalized spacial score (nSPS) is 10.0. The van der Waals surface area contributed by atoms with Crippen molar-refractivity contribution in [3.63, 3.8) is 0 Å². The van der Waals surface area contributed by atoms with Gasteiger partial charge in [0, 0.05) is 6.42 Å². The Balaban J connectivity index is 3.38. The van der Waals surface area contributed by atoms with Crippen LogP contribution in [-0.4, -0.2) is 12.1 Å². The second kappa shape index (κ2) is 5.81. The van der Waals surface area contributed by atoms with Crippen molar-refractivity contribution in [2.24, 2.45) is 0 Å². The number of hydrogen-bond acceptors (Lipinski definition) is 2. The molecule has 0 aliphatic heterocycles. The first-order chi connectivity index (χ1) is 5.52. The van der Waals surface area contributed by atoms with Crippen LogP contribution in [0.1, 0.15) is 40.0 Å². The van der Waals surface area contributed by atoms with E-state index < -0.39 is 0 Å². The third-order valence-electron chi connectivity index (χ3n) is 1.35. The van der Waals surface area contributed by atoms with Crippen LogP contribution in [0.3, 0.4) is 0 Å². The monoisotopic (exact) mass is 170 g/mol. The summed E-state index contributed by atoms with van der Waals surface area (Å²) in [7, 11) is 0. The molecule has 0 heterocycles. The van der Waals surface area contributed by atoms with E-state index in [1.54, 1.807) is 0 Å². The average Bonchev–Trinajstić information content (AvgIpc) is 1.84. The quantitative estimate of drug-likeness (QED) is 0.468. The van der Waals surface area contributed by atoms with Crippen molar-refractivity contribution in [3.05, 3.63) is 12.2 Å². The summed E-state index contributed by atoms with van der Waals surface area (Å²) in [6, 6.07) is 0. The maximum atomic E-state index is 11.0. The van der Waals surface area contributed by atoms with Crippen LogP contribution in [0, 0.1) is 0 Å². The zero-order chi connectivity index (χ0) is 9.56. The molecular weight excluding hydrogens is 152 g/mol. The van der Waals surface area contributed by atoms with Gasteiger partial charge < -0.3 is 4.74 Å². The molecule has 0 bridgehead atoms. The molecule has 2 heteroatoms. The zero-order valence-electron chi connectivity index (χ0n) is 8.22. The molecule has 70 valence electrons. The number of ether oxygens (including phenoxy) is 1. The van der Waals surface area contributed by atoms with Gasteiger partial charge in [0.25, 0.3) is 0 Å². The first kappa shape index (κ1) is 11.2. The van der Waals surface area contributed by atoms with Crippen LogP contribution in [0.15, 0.2) is 12.2 Å². The predicted octanol–water partition coefficient (Wildman–Crippen LogP) is 2.68. The predicted molar refractivity (Wildman–Crippen MR) is 49.9 cm³/mol. The van der Waals surface area contributed by atoms with Crippen LogP contribution < -0.4 is 0 Å². The molecule has 12 heavy (non-hydrogen) atoms. The van der Waals surface area contributed by atoms with Gasteiger partial charge in [-0.1, -0.05) is 5.57 Å². The maximum absolute atomic E-state index is 11.0. The Bertz CT molecular complexity index is 159. The van der Waals surface area contributed by atoms with E-state index in [0.717, 1.165) is 18.4 Å². The van der Waals surface area contributed by atoms with Crippen molar-refractivity contribution in [2.45, 2.75) is 46.1 Å². The Labute approximate surface area is 74.6 Å². The lowest BCUT2D eigenvalue weighted by Crippen LogP contribution is -2.10. The fourth-order valence-corrected chi connectivity index (χ4v) is 0.856. The number of carbonyl (C=O) groups excluding carboxylic acids is 1. The van der Waals surface area contributed by atoms with Gasteiger partial charge in [0.1, 0.15) is 0 Å². The molecule has 0 rings (SSSR count). The third-order valence-corrected chi connectivity index (χ3v) is 1.35. The molecule has 0 aromatic rings. The second-order valence-electron chi connectivity index (χ2n) is 3.35. The molecule has 0 N–H and O–H groups in total. The smallest absolute Gasteiger partial charge is 0.306 e. The molecule has 0 aromatic heterocycles. The Morgan fingerprint density at radius 2 is 2.00 bits per heavy atom. The minimum absolute atomic E-state index is 0.00216. The van der Waals surface area contributed by atoms with Gasteiger partial charge in [0.15, 0.2) is 0 Å². The van der Waals surface area contributed by atoms with E-state index in [2.05, 4.69) is 6.58 Å². The third kappa shape index (κ3) is 7.32. The summed E-state index contributed by atoms with van der Waals surface area (Å²) in [5.74, 6) is -0.105. The van der Waals surface area contributed by atoms with Crippen molar-refractivity contribution in [3.8, 4) is 0 Å². The van der Waals surface area contributed by atoms with Crippen LogP contribution in [0.5, 0.6) is 0 Å². The van der Waals surface area contributed by atoms with Crippen LogP contribution in [0.4, 0.5) is 0 Å². The lowest BCUT2D eigenvalue weighted by Gasteiger charge is -2.07. The first-order valence-electron chi connectivity index (χ1n) is 4.36. The highest BCUT2D eigenvalue weighted by Gasteiger charge is 2.04. The molecule has 0 aliphatic rings. The van der Waals surface area contributed by atoms with Gasteiger partial charge in [0.05, 0.1) is 6.10 Å². The zero-order valence-corrected chi connectivity index (χ0v) is 8.22. The molecule has 0 atom stereocenters. The topological polar surface area (TPSA) is 26.3 Å². The molecule has 0 aromatic carbocycles. The van der Waals surface area contributed by atoms with E-state index in [9.17, 15) is 4.79 Å². The largest absolute Gasteiger partial charge is 0.463 e. The van der Waals surface area contributed by atoms with E-state index in [1.165, 1.54) is 0 Å². The van der Waals surface area contributed by atoms with Gasteiger partial charge >= 0.3 is 5.97 Å². The first-order valence-corrected chi connectivity index (χ1v) is 4.36. The Hall–Kier alpha value is -0.790. The van der Waals surface area contributed by atoms with Gasteiger partial charge in [-0.25, -0.2) is 0 Å². The molecule has 2 nitrogen and oxygen atoms in total. The number of carbonyl (C=O) groups is 1. The van der Waals surface area contributed by atoms with Crippen molar-refractivity contribution in [1.29, 1.82) is 0 Å². The van der Waals surface area contributed by atoms with Crippen LogP contribution in [0.25, 0.3) is 0 Å². The summed E-state index contributed by atoms with van der Waals surface area (Å²) in [5, 5.41) is 0. The van der Waals surface area contributed by atoms with Crippen LogP contribution in [-0.2, 0) is 9.53 Å². The minimum atomic E-state index is -0.105. The number of esters is 1. The second-order valence-corrected chi connectivity index (χ2v) is 3.35. The number of allylic oxidation sites excluding steroid dienone is 1. The highest BCUT2D eigenvalue weighted by atomic mass is 16.5. The minimum Gasteiger partial charge on any atom is -0.463 e. The molecule has 0 radical (unpaired) electrons. The fraction of sp³-hybridized carbons (Fsp3) is 0.700. The van der Waals surface area contributed by atoms with Gasteiger partial charge in [-0.2, -0.15) is 0 Å². The highest BCUT2D eigenvalue weighted by Crippen LogP contribution is 2.05. The number of hydrogen-bond donors (Lipinski definition) is 0. The standard InChI is InChI=1S/C10H18O2/c1-8(2)6-5-7-10(11)12-9(3)4/h9H,1,5-7H2,2-4H3. The lowest BCUT2D eigenvalue weighted by molar-refractivity contribution is -0.147. The summed E-state index contributed by atoms with van der Waals surface area (Å²) in [6.07, 6.45) is 2.27. The molecule has 0 amide bonds. The van der Waals surface area contributed by atoms with E-state index >= 15 is 0 Å². The highest BCUT2D eigenvalue weighted by molar-refractivity contribution is 5.69. The van der Waals surface area contributed by atoms with E-state index in [-0.39, 0.29) is 12.1 Å². The van der Waals surface area contributed by atoms with Gasteiger partial charge in [0.2, 0.25) is 0 Å². The SMILES string of the molecule is C=C(C)CCCC(=O)OC(C)C. The van der Waals surface area contributed by atoms with Gasteiger partial charge in [-0.3, -0.25) is 4.79 Å². The molecular formula is C10H18O2. The summed E-state index contributed by atoms with van der Waals surface area (Å²) in [6.45, 7) is 9.44. The Morgan fingerprint density at radius 1 is 1.42 bits per heavy atom. The van der Waals surface area contributed by atoms with Crippen molar-refractivity contribution >= 4 is 5.97 Å². The summed E-state index contributed by atoms with van der Waals surface area (Å²) >= 11 is 0. The fourth-order valence-electron chi connectivity index (χ4n) is 0.856. The summed E-state index contributed by atoms with van der Waals surface area (Å²) < 4.78 is 4.96. The summed E-state index contributed by atoms with van der Waals surface area (Å²) in [5.41, 5.74) is 1.12. The molecule has 0 saturated carbocycles. The van der Waals surface area contributed by atoms with E-state index in [0.29, 0.717) is 6.42 Å². The molecule has 0 saturated heterocycles. The summed E-state index contributed by atoms with van der Waals surface area (Å²) in [4.78, 5) is 11.0. The van der Waals surface area contributed by atoms with E-state index in [4.69, 9.17) is 4.74 Å². The number of rotatable bonds is 5. The van der Waals surface area contributed by atoms with Gasteiger partial charge in [-0.15, -0.1) is 6.58 Å².